The van der Waals surface area contributed by atoms with E-state index in [2.05, 4.69) is 28.4 Å². The molecule has 120 valence electrons. The Balaban J connectivity index is 1.54. The number of nitrogens with zero attached hydrogens (tertiary/aromatic N) is 1. The van der Waals surface area contributed by atoms with Crippen molar-refractivity contribution < 1.29 is 0 Å². The Morgan fingerprint density at radius 3 is 3.09 bits per heavy atom. The highest BCUT2D eigenvalue weighted by Gasteiger charge is 2.27. The van der Waals surface area contributed by atoms with Crippen molar-refractivity contribution in [3.05, 3.63) is 46.2 Å². The van der Waals surface area contributed by atoms with Gasteiger partial charge in [0.25, 0.3) is 0 Å². The predicted octanol–water partition coefficient (Wildman–Crippen LogP) is 3.63. The molecule has 0 saturated carbocycles. The third-order valence-corrected chi connectivity index (χ3v) is 6.55. The summed E-state index contributed by atoms with van der Waals surface area (Å²) in [5.74, 6) is 1.16. The lowest BCUT2D eigenvalue weighted by Gasteiger charge is -2.35. The summed E-state index contributed by atoms with van der Waals surface area (Å²) in [5.41, 5.74) is 3.36. The van der Waals surface area contributed by atoms with E-state index in [1.165, 1.54) is 22.6 Å². The minimum atomic E-state index is 0.643. The van der Waals surface area contributed by atoms with Crippen LogP contribution >= 0.6 is 23.1 Å². The van der Waals surface area contributed by atoms with Crippen LogP contribution in [0.4, 0.5) is 5.69 Å². The lowest BCUT2D eigenvalue weighted by Crippen LogP contribution is -2.40. The normalized spacial score (nSPS) is 20.5. The van der Waals surface area contributed by atoms with E-state index in [9.17, 15) is 0 Å². The van der Waals surface area contributed by atoms with Gasteiger partial charge in [0.05, 0.1) is 11.4 Å². The summed E-state index contributed by atoms with van der Waals surface area (Å²) in [7, 11) is 0. The van der Waals surface area contributed by atoms with Crippen LogP contribution in [0.5, 0.6) is 0 Å². The Bertz CT molecular complexity index is 690. The zero-order valence-electron chi connectivity index (χ0n) is 13.0. The quantitative estimate of drug-likeness (QED) is 0.833. The zero-order chi connectivity index (χ0) is 15.6. The molecule has 0 bridgehead atoms. The molecule has 1 aromatic carbocycles. The van der Waals surface area contributed by atoms with Crippen molar-refractivity contribution in [2.75, 3.05) is 30.3 Å². The fraction of sp³-hybridized carbons (Fsp3) is 0.389. The maximum atomic E-state index is 8.28. The van der Waals surface area contributed by atoms with Crippen molar-refractivity contribution in [2.24, 2.45) is 0 Å². The first-order valence-corrected chi connectivity index (χ1v) is 10.0. The van der Waals surface area contributed by atoms with E-state index in [-0.39, 0.29) is 0 Å². The van der Waals surface area contributed by atoms with Crippen LogP contribution in [-0.2, 0) is 6.42 Å². The largest absolute Gasteiger partial charge is 0.365 e. The van der Waals surface area contributed by atoms with Gasteiger partial charge in [0.15, 0.2) is 0 Å². The lowest BCUT2D eigenvalue weighted by atomic mass is 10.1. The van der Waals surface area contributed by atoms with Gasteiger partial charge >= 0.3 is 0 Å². The highest BCUT2D eigenvalue weighted by atomic mass is 32.2. The molecule has 4 rings (SSSR count). The number of thioether (sulfide) groups is 1. The molecule has 0 radical (unpaired) electrons. The van der Waals surface area contributed by atoms with Crippen molar-refractivity contribution in [1.29, 1.82) is 5.41 Å². The maximum Gasteiger partial charge on any atom is 0.0529 e. The molecule has 1 aromatic heterocycles. The molecule has 1 atom stereocenters. The molecule has 2 aliphatic rings. The molecule has 0 aliphatic carbocycles. The number of hydrogen-bond donors (Lipinski definition) is 2. The Morgan fingerprint density at radius 2 is 2.30 bits per heavy atom. The number of fused-ring (bicyclic) bond motifs is 1. The number of rotatable bonds is 4. The lowest BCUT2D eigenvalue weighted by molar-refractivity contribution is 0.642. The number of benzene rings is 1. The molecule has 23 heavy (non-hydrogen) atoms. The minimum absolute atomic E-state index is 0.643. The Morgan fingerprint density at radius 1 is 1.35 bits per heavy atom. The van der Waals surface area contributed by atoms with Crippen LogP contribution in [0.3, 0.4) is 0 Å². The topological polar surface area (TPSA) is 39.1 Å². The summed E-state index contributed by atoms with van der Waals surface area (Å²) in [5, 5.41) is 13.8. The molecule has 1 unspecified atom stereocenters. The van der Waals surface area contributed by atoms with Crippen molar-refractivity contribution in [3.8, 4) is 0 Å². The number of anilines is 1. The molecule has 5 heteroatoms. The SMILES string of the molecule is N=C(Cc1ccc2c(c1)SCCN2C1CCNC1)c1cccs1. The molecule has 0 amide bonds. The van der Waals surface area contributed by atoms with Gasteiger partial charge in [-0.2, -0.15) is 0 Å². The Kier molecular flexibility index (Phi) is 4.42. The average molecular weight is 344 g/mol. The second-order valence-corrected chi connectivity index (χ2v) is 8.21. The van der Waals surface area contributed by atoms with Gasteiger partial charge in [-0.1, -0.05) is 12.1 Å². The summed E-state index contributed by atoms with van der Waals surface area (Å²) in [6.07, 6.45) is 1.97. The summed E-state index contributed by atoms with van der Waals surface area (Å²) in [4.78, 5) is 5.05. The van der Waals surface area contributed by atoms with Crippen LogP contribution in [0.2, 0.25) is 0 Å². The second kappa shape index (κ2) is 6.67. The monoisotopic (exact) mass is 343 g/mol. The minimum Gasteiger partial charge on any atom is -0.365 e. The highest BCUT2D eigenvalue weighted by Crippen LogP contribution is 2.37. The standard InChI is InChI=1S/C18H21N3S2/c19-15(17-2-1-8-22-17)10-13-3-4-16-18(11-13)23-9-7-21(16)14-5-6-20-12-14/h1-4,8,11,14,19-20H,5-7,9-10,12H2. The van der Waals surface area contributed by atoms with Gasteiger partial charge in [0.2, 0.25) is 0 Å². The van der Waals surface area contributed by atoms with Crippen molar-refractivity contribution in [2.45, 2.75) is 23.8 Å². The van der Waals surface area contributed by atoms with Crippen LogP contribution < -0.4 is 10.2 Å². The van der Waals surface area contributed by atoms with Crippen LogP contribution in [0.1, 0.15) is 16.9 Å². The van der Waals surface area contributed by atoms with Crippen molar-refractivity contribution >= 4 is 34.5 Å². The highest BCUT2D eigenvalue weighted by molar-refractivity contribution is 7.99. The molecular weight excluding hydrogens is 322 g/mol. The molecular formula is C18H21N3S2. The first-order chi connectivity index (χ1) is 11.3. The molecule has 3 nitrogen and oxygen atoms in total. The fourth-order valence-electron chi connectivity index (χ4n) is 3.42. The van der Waals surface area contributed by atoms with Crippen LogP contribution in [0.25, 0.3) is 0 Å². The molecule has 1 saturated heterocycles. The summed E-state index contributed by atoms with van der Waals surface area (Å²) in [6, 6.07) is 11.5. The van der Waals surface area contributed by atoms with Gasteiger partial charge in [-0.15, -0.1) is 23.1 Å². The van der Waals surface area contributed by atoms with Gasteiger partial charge in [0, 0.05) is 41.1 Å². The number of thiophene rings is 1. The third-order valence-electron chi connectivity index (χ3n) is 4.60. The molecule has 3 heterocycles. The summed E-state index contributed by atoms with van der Waals surface area (Å²) in [6.45, 7) is 3.39. The van der Waals surface area contributed by atoms with E-state index >= 15 is 0 Å². The average Bonchev–Trinajstić information content (AvgIpc) is 3.27. The number of nitrogens with one attached hydrogen (secondary N) is 2. The fourth-order valence-corrected chi connectivity index (χ4v) is 5.17. The molecule has 2 N–H and O–H groups in total. The van der Waals surface area contributed by atoms with Crippen LogP contribution in [0.15, 0.2) is 40.6 Å². The predicted molar refractivity (Wildman–Crippen MR) is 101 cm³/mol. The van der Waals surface area contributed by atoms with Gasteiger partial charge in [-0.3, -0.25) is 0 Å². The van der Waals surface area contributed by atoms with E-state index < -0.39 is 0 Å². The first-order valence-electron chi connectivity index (χ1n) is 8.15. The molecule has 2 aliphatic heterocycles. The van der Waals surface area contributed by atoms with Crippen molar-refractivity contribution in [3.63, 3.8) is 0 Å². The van der Waals surface area contributed by atoms with Gasteiger partial charge in [-0.05, 0) is 42.1 Å². The van der Waals surface area contributed by atoms with Crippen LogP contribution in [-0.4, -0.2) is 37.1 Å². The molecule has 0 spiro atoms. The second-order valence-electron chi connectivity index (χ2n) is 6.12. The Labute approximate surface area is 145 Å². The first kappa shape index (κ1) is 15.2. The smallest absolute Gasteiger partial charge is 0.0529 e. The van der Waals surface area contributed by atoms with E-state index in [0.29, 0.717) is 6.04 Å². The zero-order valence-corrected chi connectivity index (χ0v) is 14.7. The van der Waals surface area contributed by atoms with E-state index in [4.69, 9.17) is 5.41 Å². The van der Waals surface area contributed by atoms with Crippen LogP contribution in [0, 0.1) is 5.41 Å². The van der Waals surface area contributed by atoms with Gasteiger partial charge in [0.1, 0.15) is 0 Å². The third kappa shape index (κ3) is 3.18. The number of hydrogen-bond acceptors (Lipinski definition) is 5. The summed E-state index contributed by atoms with van der Waals surface area (Å²) < 4.78 is 0. The molecule has 1 fully saturated rings. The van der Waals surface area contributed by atoms with E-state index in [1.54, 1.807) is 11.3 Å². The maximum absolute atomic E-state index is 8.28. The van der Waals surface area contributed by atoms with E-state index in [1.807, 2.05) is 29.3 Å². The van der Waals surface area contributed by atoms with Crippen molar-refractivity contribution in [1.82, 2.24) is 5.32 Å². The summed E-state index contributed by atoms with van der Waals surface area (Å²) >= 11 is 3.61. The molecule has 2 aromatic rings. The Hall–Kier alpha value is -1.30. The van der Waals surface area contributed by atoms with Gasteiger partial charge in [-0.25, -0.2) is 0 Å². The van der Waals surface area contributed by atoms with Gasteiger partial charge < -0.3 is 15.6 Å². The van der Waals surface area contributed by atoms with E-state index in [0.717, 1.165) is 42.4 Å².